The van der Waals surface area contributed by atoms with Crippen molar-refractivity contribution in [3.8, 4) is 11.1 Å². The number of sulfonamides is 1. The molecule has 0 saturated heterocycles. The lowest BCUT2D eigenvalue weighted by atomic mass is 9.93. The van der Waals surface area contributed by atoms with Crippen LogP contribution in [0, 0.1) is 11.8 Å². The van der Waals surface area contributed by atoms with E-state index in [1.54, 1.807) is 42.3 Å². The van der Waals surface area contributed by atoms with Crippen molar-refractivity contribution in [3.05, 3.63) is 83.9 Å². The van der Waals surface area contributed by atoms with Crippen LogP contribution < -0.4 is 10.5 Å². The lowest BCUT2D eigenvalue weighted by molar-refractivity contribution is -0.140. The van der Waals surface area contributed by atoms with Crippen LogP contribution in [0.3, 0.4) is 0 Å². The fraction of sp³-hybridized carbons (Fsp3) is 0.310. The van der Waals surface area contributed by atoms with Crippen molar-refractivity contribution in [2.24, 2.45) is 17.0 Å². The van der Waals surface area contributed by atoms with Gasteiger partial charge in [0, 0.05) is 42.4 Å². The van der Waals surface area contributed by atoms with Crippen LogP contribution in [0.2, 0.25) is 0 Å². The molecule has 4 rings (SSSR count). The molecule has 12 heteroatoms. The summed E-state index contributed by atoms with van der Waals surface area (Å²) in [6.45, 7) is 0.465. The van der Waals surface area contributed by atoms with Crippen LogP contribution in [0.1, 0.15) is 30.4 Å². The van der Waals surface area contributed by atoms with Crippen LogP contribution in [0.15, 0.2) is 82.6 Å². The SMILES string of the molecule is CN(Cc1ccc(-c2ccccc2S(N)(=O)=O)cc1)C(=O)[C@@H]1CCC[C@H]1C(=O)NCc1ccc(SC(F)(F)F)cc1. The Labute approximate surface area is 241 Å². The average Bonchev–Trinajstić information content (AvgIpc) is 3.41. The normalized spacial score (nSPS) is 17.3. The number of thioether (sulfide) groups is 1. The van der Waals surface area contributed by atoms with Crippen molar-refractivity contribution in [3.63, 3.8) is 0 Å². The quantitative estimate of drug-likeness (QED) is 0.322. The maximum atomic E-state index is 13.3. The standard InChI is InChI=1S/C29H30F3N3O4S2/c1-35(18-20-9-13-21(14-10-20)23-5-2-3-8-26(23)41(33,38)39)28(37)25-7-4-6-24(25)27(36)34-17-19-11-15-22(16-12-19)40-29(30,31)32/h2-3,5,8-16,24-25H,4,6-7,17-18H2,1H3,(H,34,36)(H2,33,38,39)/t24-,25-/m1/s1. The van der Waals surface area contributed by atoms with Crippen molar-refractivity contribution in [1.82, 2.24) is 10.2 Å². The fourth-order valence-corrected chi connectivity index (χ4v) is 6.38. The molecule has 3 aromatic rings. The van der Waals surface area contributed by atoms with Gasteiger partial charge in [-0.05, 0) is 59.5 Å². The van der Waals surface area contributed by atoms with E-state index in [4.69, 9.17) is 5.14 Å². The molecule has 0 heterocycles. The predicted octanol–water partition coefficient (Wildman–Crippen LogP) is 5.30. The monoisotopic (exact) mass is 605 g/mol. The molecule has 1 aliphatic carbocycles. The Kier molecular flexibility index (Phi) is 9.45. The third kappa shape index (κ3) is 8.11. The number of hydrogen-bond acceptors (Lipinski definition) is 5. The Morgan fingerprint density at radius 1 is 0.951 bits per heavy atom. The highest BCUT2D eigenvalue weighted by atomic mass is 32.2. The van der Waals surface area contributed by atoms with Gasteiger partial charge in [0.15, 0.2) is 0 Å². The fourth-order valence-electron chi connectivity index (χ4n) is 5.08. The summed E-state index contributed by atoms with van der Waals surface area (Å²) < 4.78 is 61.5. The Balaban J connectivity index is 1.34. The smallest absolute Gasteiger partial charge is 0.352 e. The number of nitrogens with two attached hydrogens (primary N) is 1. The first-order valence-electron chi connectivity index (χ1n) is 12.9. The minimum atomic E-state index is -4.36. The number of nitrogens with zero attached hydrogens (tertiary/aromatic N) is 1. The molecule has 1 saturated carbocycles. The number of rotatable bonds is 9. The Bertz CT molecular complexity index is 1490. The van der Waals surface area contributed by atoms with Gasteiger partial charge in [-0.1, -0.05) is 61.0 Å². The van der Waals surface area contributed by atoms with Gasteiger partial charge in [0.05, 0.1) is 4.90 Å². The first-order chi connectivity index (χ1) is 19.3. The number of amides is 2. The van der Waals surface area contributed by atoms with Crippen molar-refractivity contribution in [2.75, 3.05) is 7.05 Å². The number of nitrogens with one attached hydrogen (secondary N) is 1. The lowest BCUT2D eigenvalue weighted by Gasteiger charge is -2.25. The van der Waals surface area contributed by atoms with E-state index in [0.717, 1.165) is 12.0 Å². The van der Waals surface area contributed by atoms with E-state index in [-0.39, 0.29) is 39.9 Å². The molecule has 1 aliphatic rings. The van der Waals surface area contributed by atoms with Crippen LogP contribution in [-0.2, 0) is 32.7 Å². The molecule has 0 unspecified atom stereocenters. The Hall–Kier alpha value is -3.35. The Morgan fingerprint density at radius 2 is 1.56 bits per heavy atom. The number of carbonyl (C=O) groups is 2. The molecule has 3 aromatic carbocycles. The van der Waals surface area contributed by atoms with Crippen molar-refractivity contribution >= 4 is 33.6 Å². The molecule has 218 valence electrons. The highest BCUT2D eigenvalue weighted by molar-refractivity contribution is 8.00. The number of hydrogen-bond donors (Lipinski definition) is 2. The summed E-state index contributed by atoms with van der Waals surface area (Å²) in [5.41, 5.74) is -1.70. The summed E-state index contributed by atoms with van der Waals surface area (Å²) in [7, 11) is -2.21. The van der Waals surface area contributed by atoms with Gasteiger partial charge in [-0.25, -0.2) is 13.6 Å². The number of benzene rings is 3. The van der Waals surface area contributed by atoms with E-state index in [9.17, 15) is 31.2 Å². The van der Waals surface area contributed by atoms with Crippen LogP contribution in [0.25, 0.3) is 11.1 Å². The van der Waals surface area contributed by atoms with Gasteiger partial charge in [-0.3, -0.25) is 9.59 Å². The van der Waals surface area contributed by atoms with Crippen molar-refractivity contribution in [1.29, 1.82) is 0 Å². The van der Waals surface area contributed by atoms with E-state index in [1.165, 1.54) is 30.3 Å². The maximum Gasteiger partial charge on any atom is 0.446 e. The van der Waals surface area contributed by atoms with Gasteiger partial charge < -0.3 is 10.2 Å². The molecular formula is C29H30F3N3O4S2. The van der Waals surface area contributed by atoms with Crippen LogP contribution in [0.4, 0.5) is 13.2 Å². The molecule has 0 radical (unpaired) electrons. The zero-order chi connectivity index (χ0) is 29.8. The first kappa shape index (κ1) is 30.6. The van der Waals surface area contributed by atoms with Crippen molar-refractivity contribution < 1.29 is 31.2 Å². The first-order valence-corrected chi connectivity index (χ1v) is 15.3. The maximum absolute atomic E-state index is 13.3. The van der Waals surface area contributed by atoms with E-state index in [2.05, 4.69) is 5.32 Å². The minimum Gasteiger partial charge on any atom is -0.352 e. The average molecular weight is 606 g/mol. The number of primary sulfonamides is 1. The molecule has 41 heavy (non-hydrogen) atoms. The molecule has 0 spiro atoms. The third-order valence-electron chi connectivity index (χ3n) is 7.05. The largest absolute Gasteiger partial charge is 0.446 e. The molecule has 2 amide bonds. The highest BCUT2D eigenvalue weighted by Crippen LogP contribution is 2.37. The molecule has 0 aromatic heterocycles. The van der Waals surface area contributed by atoms with Crippen molar-refractivity contribution in [2.45, 2.75) is 47.7 Å². The number of halogens is 3. The number of alkyl halides is 3. The topological polar surface area (TPSA) is 110 Å². The molecule has 1 fully saturated rings. The highest BCUT2D eigenvalue weighted by Gasteiger charge is 2.39. The van der Waals surface area contributed by atoms with Gasteiger partial charge in [-0.15, -0.1) is 0 Å². The van der Waals surface area contributed by atoms with Crippen LogP contribution in [0.5, 0.6) is 0 Å². The molecule has 0 bridgehead atoms. The zero-order valence-corrected chi connectivity index (χ0v) is 23.9. The molecule has 2 atom stereocenters. The van der Waals surface area contributed by atoms with E-state index < -0.39 is 27.4 Å². The summed E-state index contributed by atoms with van der Waals surface area (Å²) in [4.78, 5) is 27.9. The number of carbonyl (C=O) groups excluding carboxylic acids is 2. The summed E-state index contributed by atoms with van der Waals surface area (Å²) in [5.74, 6) is -1.34. The van der Waals surface area contributed by atoms with Gasteiger partial charge >= 0.3 is 5.51 Å². The van der Waals surface area contributed by atoms with Crippen LogP contribution >= 0.6 is 11.8 Å². The second-order valence-corrected chi connectivity index (χ2v) is 12.7. The summed E-state index contributed by atoms with van der Waals surface area (Å²) >= 11 is -0.194. The van der Waals surface area contributed by atoms with Gasteiger partial charge in [0.25, 0.3) is 0 Å². The van der Waals surface area contributed by atoms with Gasteiger partial charge in [-0.2, -0.15) is 13.2 Å². The summed E-state index contributed by atoms with van der Waals surface area (Å²) in [6.07, 6.45) is 1.91. The van der Waals surface area contributed by atoms with E-state index in [0.29, 0.717) is 36.1 Å². The summed E-state index contributed by atoms with van der Waals surface area (Å²) in [6, 6.07) is 19.5. The van der Waals surface area contributed by atoms with Crippen LogP contribution in [-0.4, -0.2) is 37.7 Å². The van der Waals surface area contributed by atoms with Gasteiger partial charge in [0.1, 0.15) is 0 Å². The molecular weight excluding hydrogens is 575 g/mol. The lowest BCUT2D eigenvalue weighted by Crippen LogP contribution is -2.40. The Morgan fingerprint density at radius 3 is 2.20 bits per heavy atom. The van der Waals surface area contributed by atoms with Gasteiger partial charge in [0.2, 0.25) is 21.8 Å². The third-order valence-corrected chi connectivity index (χ3v) is 8.76. The van der Waals surface area contributed by atoms with E-state index in [1.807, 2.05) is 12.1 Å². The molecule has 3 N–H and O–H groups in total. The molecule has 0 aliphatic heterocycles. The zero-order valence-electron chi connectivity index (χ0n) is 22.2. The summed E-state index contributed by atoms with van der Waals surface area (Å²) in [5, 5.41) is 8.18. The second-order valence-electron chi connectivity index (χ2n) is 9.99. The second kappa shape index (κ2) is 12.7. The van der Waals surface area contributed by atoms with E-state index >= 15 is 0 Å². The predicted molar refractivity (Wildman–Crippen MR) is 151 cm³/mol. The minimum absolute atomic E-state index is 0.0306. The molecule has 7 nitrogen and oxygen atoms in total.